The number of carbonyl (C=O) groups is 1. The molecule has 1 N–H and O–H groups in total. The van der Waals surface area contributed by atoms with Gasteiger partial charge in [0.25, 0.3) is 0 Å². The number of urea groups is 1. The lowest BCUT2D eigenvalue weighted by Gasteiger charge is -2.23. The molecule has 120 valence electrons. The quantitative estimate of drug-likeness (QED) is 0.886. The van der Waals surface area contributed by atoms with Crippen LogP contribution in [0.4, 0.5) is 16.6 Å². The van der Waals surface area contributed by atoms with Crippen molar-refractivity contribution in [1.82, 2.24) is 19.8 Å². The topological polar surface area (TPSA) is 64.6 Å². The van der Waals surface area contributed by atoms with E-state index in [0.717, 1.165) is 38.4 Å². The summed E-state index contributed by atoms with van der Waals surface area (Å²) in [4.78, 5) is 27.0. The highest BCUT2D eigenvalue weighted by Gasteiger charge is 2.43. The molecule has 0 aliphatic carbocycles. The first-order chi connectivity index (χ1) is 10.5. The van der Waals surface area contributed by atoms with Gasteiger partial charge in [0.05, 0.1) is 0 Å². The third-order valence-corrected chi connectivity index (χ3v) is 4.67. The van der Waals surface area contributed by atoms with Gasteiger partial charge in [-0.2, -0.15) is 4.98 Å². The number of aromatic nitrogens is 2. The Hall–Kier alpha value is -1.89. The van der Waals surface area contributed by atoms with Gasteiger partial charge in [0.2, 0.25) is 5.95 Å². The summed E-state index contributed by atoms with van der Waals surface area (Å²) in [5, 5.41) is 2.82. The van der Waals surface area contributed by atoms with Gasteiger partial charge >= 0.3 is 6.03 Å². The van der Waals surface area contributed by atoms with Crippen molar-refractivity contribution in [1.29, 1.82) is 0 Å². The van der Waals surface area contributed by atoms with Gasteiger partial charge < -0.3 is 14.7 Å². The van der Waals surface area contributed by atoms with E-state index in [0.29, 0.717) is 11.4 Å². The van der Waals surface area contributed by atoms with Crippen molar-refractivity contribution in [2.45, 2.75) is 12.8 Å². The van der Waals surface area contributed by atoms with E-state index in [1.165, 1.54) is 6.42 Å². The van der Waals surface area contributed by atoms with Crippen molar-refractivity contribution < 1.29 is 4.79 Å². The zero-order valence-corrected chi connectivity index (χ0v) is 13.5. The minimum Gasteiger partial charge on any atom is -0.363 e. The molecule has 0 saturated carbocycles. The number of hydrogen-bond donors (Lipinski definition) is 1. The molecule has 7 heteroatoms. The van der Waals surface area contributed by atoms with Crippen LogP contribution in [-0.4, -0.2) is 73.1 Å². The zero-order chi connectivity index (χ0) is 15.7. The summed E-state index contributed by atoms with van der Waals surface area (Å²) >= 11 is 0. The van der Waals surface area contributed by atoms with Crippen LogP contribution in [0.3, 0.4) is 0 Å². The Kier molecular flexibility index (Phi) is 3.90. The highest BCUT2D eigenvalue weighted by molar-refractivity contribution is 5.87. The van der Waals surface area contributed by atoms with Gasteiger partial charge in [0.1, 0.15) is 5.82 Å². The average molecular weight is 304 g/mol. The average Bonchev–Trinajstić information content (AvgIpc) is 3.06. The van der Waals surface area contributed by atoms with Crippen LogP contribution >= 0.6 is 0 Å². The number of carbonyl (C=O) groups excluding carboxylic acids is 1. The fourth-order valence-electron chi connectivity index (χ4n) is 3.43. The number of nitrogens with zero attached hydrogens (tertiary/aromatic N) is 5. The highest BCUT2D eigenvalue weighted by atomic mass is 16.2. The molecule has 7 nitrogen and oxygen atoms in total. The Morgan fingerprint density at radius 1 is 1.32 bits per heavy atom. The first kappa shape index (κ1) is 15.0. The lowest BCUT2D eigenvalue weighted by Crippen LogP contribution is -2.36. The molecule has 1 unspecified atom stereocenters. The number of anilines is 2. The van der Waals surface area contributed by atoms with Crippen LogP contribution < -0.4 is 10.2 Å². The van der Waals surface area contributed by atoms with Crippen LogP contribution in [0.2, 0.25) is 0 Å². The lowest BCUT2D eigenvalue weighted by molar-refractivity contribution is 0.212. The molecule has 1 aromatic heterocycles. The molecule has 22 heavy (non-hydrogen) atoms. The van der Waals surface area contributed by atoms with E-state index < -0.39 is 0 Å². The molecule has 2 fully saturated rings. The fraction of sp³-hybridized carbons (Fsp3) is 0.667. The van der Waals surface area contributed by atoms with Crippen LogP contribution in [0.25, 0.3) is 0 Å². The normalized spacial score (nSPS) is 25.0. The Morgan fingerprint density at radius 2 is 2.09 bits per heavy atom. The Labute approximate surface area is 131 Å². The summed E-state index contributed by atoms with van der Waals surface area (Å²) in [6.45, 7) is 3.86. The van der Waals surface area contributed by atoms with E-state index in [1.807, 2.05) is 30.0 Å². The molecule has 1 spiro atoms. The number of amides is 2. The number of nitrogens with one attached hydrogen (secondary N) is 1. The largest absolute Gasteiger partial charge is 0.363 e. The molecule has 2 aliphatic rings. The summed E-state index contributed by atoms with van der Waals surface area (Å²) < 4.78 is 0. The summed E-state index contributed by atoms with van der Waals surface area (Å²) in [7, 11) is 5.97. The van der Waals surface area contributed by atoms with Crippen molar-refractivity contribution in [2.24, 2.45) is 5.41 Å². The molecule has 3 rings (SSSR count). The van der Waals surface area contributed by atoms with E-state index in [1.54, 1.807) is 6.20 Å². The van der Waals surface area contributed by atoms with Gasteiger partial charge in [0.15, 0.2) is 0 Å². The predicted octanol–water partition coefficient (Wildman–Crippen LogP) is 1.10. The van der Waals surface area contributed by atoms with Gasteiger partial charge in [-0.15, -0.1) is 0 Å². The van der Waals surface area contributed by atoms with E-state index in [9.17, 15) is 4.79 Å². The van der Waals surface area contributed by atoms with Gasteiger partial charge in [-0.1, -0.05) is 0 Å². The van der Waals surface area contributed by atoms with E-state index in [2.05, 4.69) is 27.2 Å². The van der Waals surface area contributed by atoms with Crippen LogP contribution in [-0.2, 0) is 0 Å². The molecule has 1 aromatic rings. The number of hydrogen-bond acceptors (Lipinski definition) is 5. The summed E-state index contributed by atoms with van der Waals surface area (Å²) in [5.41, 5.74) is 0.290. The third kappa shape index (κ3) is 2.99. The lowest BCUT2D eigenvalue weighted by atomic mass is 9.86. The maximum Gasteiger partial charge on any atom is 0.324 e. The standard InChI is InChI=1S/C15H24N6O/c1-19(2)12-4-7-16-13(17-12)18-14(22)21-9-6-15(11-21)5-8-20(3)10-15/h4,7H,5-6,8-11H2,1-3H3,(H,16,17,18,22). The summed E-state index contributed by atoms with van der Waals surface area (Å²) in [5.74, 6) is 1.14. The van der Waals surface area contributed by atoms with Gasteiger partial charge in [-0.05, 0) is 32.5 Å². The second-order valence-corrected chi connectivity index (χ2v) is 6.72. The third-order valence-electron chi connectivity index (χ3n) is 4.67. The maximum absolute atomic E-state index is 12.4. The van der Waals surface area contributed by atoms with Crippen LogP contribution in [0.1, 0.15) is 12.8 Å². The maximum atomic E-state index is 12.4. The second kappa shape index (κ2) is 5.72. The van der Waals surface area contributed by atoms with E-state index in [-0.39, 0.29) is 6.03 Å². The Balaban J connectivity index is 1.62. The highest BCUT2D eigenvalue weighted by Crippen LogP contribution is 2.38. The molecule has 0 radical (unpaired) electrons. The smallest absolute Gasteiger partial charge is 0.324 e. The monoisotopic (exact) mass is 304 g/mol. The van der Waals surface area contributed by atoms with Crippen molar-refractivity contribution in [3.8, 4) is 0 Å². The summed E-state index contributed by atoms with van der Waals surface area (Å²) in [6, 6.07) is 1.72. The predicted molar refractivity (Wildman–Crippen MR) is 86.1 cm³/mol. The molecule has 3 heterocycles. The minimum atomic E-state index is -0.0951. The Morgan fingerprint density at radius 3 is 2.77 bits per heavy atom. The van der Waals surface area contributed by atoms with Crippen LogP contribution in [0.15, 0.2) is 12.3 Å². The molecular formula is C15H24N6O. The zero-order valence-electron chi connectivity index (χ0n) is 13.5. The first-order valence-electron chi connectivity index (χ1n) is 7.72. The first-order valence-corrected chi connectivity index (χ1v) is 7.72. The molecule has 1 atom stereocenters. The molecule has 0 bridgehead atoms. The SMILES string of the molecule is CN1CCC2(CCN(C(=O)Nc3nccc(N(C)C)n3)C2)C1. The van der Waals surface area contributed by atoms with Gasteiger partial charge in [-0.3, -0.25) is 5.32 Å². The molecule has 2 aliphatic heterocycles. The molecule has 0 aromatic carbocycles. The molecule has 2 amide bonds. The number of rotatable bonds is 2. The second-order valence-electron chi connectivity index (χ2n) is 6.72. The fourth-order valence-corrected chi connectivity index (χ4v) is 3.43. The molecular weight excluding hydrogens is 280 g/mol. The van der Waals surface area contributed by atoms with Crippen LogP contribution in [0.5, 0.6) is 0 Å². The van der Waals surface area contributed by atoms with E-state index >= 15 is 0 Å². The Bertz CT molecular complexity index is 563. The minimum absolute atomic E-state index is 0.0951. The van der Waals surface area contributed by atoms with Crippen molar-refractivity contribution in [3.63, 3.8) is 0 Å². The van der Waals surface area contributed by atoms with E-state index in [4.69, 9.17) is 0 Å². The summed E-state index contributed by atoms with van der Waals surface area (Å²) in [6.07, 6.45) is 3.93. The van der Waals surface area contributed by atoms with Crippen LogP contribution in [0, 0.1) is 5.41 Å². The van der Waals surface area contributed by atoms with Gasteiger partial charge in [0, 0.05) is 45.3 Å². The van der Waals surface area contributed by atoms with Crippen molar-refractivity contribution in [2.75, 3.05) is 57.5 Å². The van der Waals surface area contributed by atoms with Gasteiger partial charge in [-0.25, -0.2) is 9.78 Å². The molecule has 2 saturated heterocycles. The van der Waals surface area contributed by atoms with Crippen molar-refractivity contribution >= 4 is 17.8 Å². The number of likely N-dealkylation sites (tertiary alicyclic amines) is 2. The van der Waals surface area contributed by atoms with Crippen molar-refractivity contribution in [3.05, 3.63) is 12.3 Å².